The van der Waals surface area contributed by atoms with Crippen LogP contribution in [0, 0.1) is 0 Å². The van der Waals surface area contributed by atoms with E-state index in [0.717, 1.165) is 0 Å². The van der Waals surface area contributed by atoms with E-state index < -0.39 is 21.6 Å². The molecule has 1 heterocycles. The number of carbonyl (C=O) groups is 2. The molecule has 1 saturated heterocycles. The minimum Gasteiger partial charge on any atom is -0.465 e. The molecule has 2 rings (SSSR count). The maximum atomic E-state index is 12.4. The number of hydrogen-bond acceptors (Lipinski definition) is 6. The molecule has 0 radical (unpaired) electrons. The molecule has 1 aromatic rings. The lowest BCUT2D eigenvalue weighted by Crippen LogP contribution is -2.47. The first-order valence-corrected chi connectivity index (χ1v) is 10.8. The van der Waals surface area contributed by atoms with Gasteiger partial charge >= 0.3 is 12.1 Å². The largest absolute Gasteiger partial charge is 0.465 e. The van der Waals surface area contributed by atoms with E-state index in [9.17, 15) is 18.0 Å². The Morgan fingerprint density at radius 1 is 1.14 bits per heavy atom. The number of esters is 1. The molecule has 1 N–H and O–H groups in total. The van der Waals surface area contributed by atoms with Crippen molar-refractivity contribution >= 4 is 22.1 Å². The molecule has 1 amide bonds. The quantitative estimate of drug-likeness (QED) is 0.745. The highest BCUT2D eigenvalue weighted by Gasteiger charge is 2.28. The molecular formula is C19H28N2O6S. The number of nitrogens with zero attached hydrogens (tertiary/aromatic N) is 1. The Hall–Kier alpha value is -2.13. The number of amides is 1. The molecule has 156 valence electrons. The van der Waals surface area contributed by atoms with E-state index in [1.165, 1.54) is 19.2 Å². The topological polar surface area (TPSA) is 102 Å². The van der Waals surface area contributed by atoms with Crippen molar-refractivity contribution in [3.05, 3.63) is 35.4 Å². The molecule has 0 unspecified atom stereocenters. The molecular weight excluding hydrogens is 384 g/mol. The standard InChI is InChI=1S/C19H28N2O6S/c1-19(2,3)27-18(23)21-11-9-16(10-12-21)20-28(24,25)13-14-5-7-15(8-6-14)17(22)26-4/h5-8,16,20H,9-13H2,1-4H3. The Balaban J connectivity index is 1.86. The number of carbonyl (C=O) groups excluding carboxylic acids is 2. The number of benzene rings is 1. The van der Waals surface area contributed by atoms with Gasteiger partial charge in [-0.3, -0.25) is 0 Å². The summed E-state index contributed by atoms with van der Waals surface area (Å²) in [5, 5.41) is 0. The molecule has 8 nitrogen and oxygen atoms in total. The minimum atomic E-state index is -3.54. The average molecular weight is 413 g/mol. The van der Waals surface area contributed by atoms with Gasteiger partial charge in [-0.05, 0) is 51.3 Å². The van der Waals surface area contributed by atoms with Crippen LogP contribution < -0.4 is 4.72 Å². The summed E-state index contributed by atoms with van der Waals surface area (Å²) in [6.45, 7) is 6.31. The molecule has 1 aromatic carbocycles. The fourth-order valence-electron chi connectivity index (χ4n) is 2.88. The first-order valence-electron chi connectivity index (χ1n) is 9.14. The molecule has 0 bridgehead atoms. The summed E-state index contributed by atoms with van der Waals surface area (Å²) in [7, 11) is -2.25. The summed E-state index contributed by atoms with van der Waals surface area (Å²) in [5.41, 5.74) is 0.385. The monoisotopic (exact) mass is 412 g/mol. The molecule has 9 heteroatoms. The second-order valence-electron chi connectivity index (χ2n) is 7.81. The van der Waals surface area contributed by atoms with Crippen LogP contribution in [0.5, 0.6) is 0 Å². The third-order valence-corrected chi connectivity index (χ3v) is 5.63. The summed E-state index contributed by atoms with van der Waals surface area (Å²) in [6.07, 6.45) is 0.680. The van der Waals surface area contributed by atoms with Crippen LogP contribution in [0.1, 0.15) is 49.5 Å². The lowest BCUT2D eigenvalue weighted by molar-refractivity contribution is 0.0203. The highest BCUT2D eigenvalue weighted by molar-refractivity contribution is 7.88. The number of ether oxygens (including phenoxy) is 2. The molecule has 28 heavy (non-hydrogen) atoms. The van der Waals surface area contributed by atoms with Crippen molar-refractivity contribution in [2.24, 2.45) is 0 Å². The van der Waals surface area contributed by atoms with Crippen molar-refractivity contribution in [1.29, 1.82) is 0 Å². The Morgan fingerprint density at radius 2 is 1.71 bits per heavy atom. The predicted molar refractivity (Wildman–Crippen MR) is 104 cm³/mol. The highest BCUT2D eigenvalue weighted by Crippen LogP contribution is 2.17. The highest BCUT2D eigenvalue weighted by atomic mass is 32.2. The summed E-state index contributed by atoms with van der Waals surface area (Å²) in [6, 6.07) is 6.04. The number of hydrogen-bond donors (Lipinski definition) is 1. The van der Waals surface area contributed by atoms with Gasteiger partial charge in [0.25, 0.3) is 0 Å². The number of rotatable bonds is 5. The fourth-order valence-corrected chi connectivity index (χ4v) is 4.33. The van der Waals surface area contributed by atoms with Gasteiger partial charge < -0.3 is 14.4 Å². The second kappa shape index (κ2) is 8.91. The van der Waals surface area contributed by atoms with E-state index in [1.807, 2.05) is 20.8 Å². The maximum Gasteiger partial charge on any atom is 0.410 e. The number of likely N-dealkylation sites (tertiary alicyclic amines) is 1. The molecule has 0 spiro atoms. The van der Waals surface area contributed by atoms with Crippen LogP contribution >= 0.6 is 0 Å². The summed E-state index contributed by atoms with van der Waals surface area (Å²) in [5.74, 6) is -0.648. The number of nitrogens with one attached hydrogen (secondary N) is 1. The lowest BCUT2D eigenvalue weighted by Gasteiger charge is -2.33. The van der Waals surface area contributed by atoms with Crippen molar-refractivity contribution in [1.82, 2.24) is 9.62 Å². The summed E-state index contributed by atoms with van der Waals surface area (Å²) < 4.78 is 37.5. The summed E-state index contributed by atoms with van der Waals surface area (Å²) in [4.78, 5) is 25.1. The molecule has 0 aliphatic carbocycles. The average Bonchev–Trinajstić information content (AvgIpc) is 2.60. The minimum absolute atomic E-state index is 0.180. The summed E-state index contributed by atoms with van der Waals surface area (Å²) >= 11 is 0. The van der Waals surface area contributed by atoms with E-state index in [-0.39, 0.29) is 17.9 Å². The van der Waals surface area contributed by atoms with Gasteiger partial charge in [-0.2, -0.15) is 0 Å². The molecule has 0 saturated carbocycles. The smallest absolute Gasteiger partial charge is 0.410 e. The first kappa shape index (κ1) is 22.2. The number of piperidine rings is 1. The van der Waals surface area contributed by atoms with E-state index >= 15 is 0 Å². The van der Waals surface area contributed by atoms with Gasteiger partial charge in [-0.1, -0.05) is 12.1 Å². The third-order valence-electron chi connectivity index (χ3n) is 4.22. The van der Waals surface area contributed by atoms with Crippen LogP contribution in [-0.2, 0) is 25.2 Å². The van der Waals surface area contributed by atoms with Crippen LogP contribution in [0.3, 0.4) is 0 Å². The van der Waals surface area contributed by atoms with Crippen LogP contribution in [0.2, 0.25) is 0 Å². The Morgan fingerprint density at radius 3 is 2.21 bits per heavy atom. The van der Waals surface area contributed by atoms with E-state index in [0.29, 0.717) is 37.1 Å². The zero-order chi connectivity index (χ0) is 20.9. The molecule has 0 atom stereocenters. The molecule has 1 aliphatic heterocycles. The lowest BCUT2D eigenvalue weighted by atomic mass is 10.1. The van der Waals surface area contributed by atoms with E-state index in [2.05, 4.69) is 9.46 Å². The number of methoxy groups -OCH3 is 1. The molecule has 1 aliphatic rings. The van der Waals surface area contributed by atoms with Gasteiger partial charge in [0.05, 0.1) is 18.4 Å². The first-order chi connectivity index (χ1) is 13.0. The van der Waals surface area contributed by atoms with Crippen LogP contribution in [0.4, 0.5) is 4.79 Å². The zero-order valence-corrected chi connectivity index (χ0v) is 17.5. The van der Waals surface area contributed by atoms with Crippen molar-refractivity contribution < 1.29 is 27.5 Å². The van der Waals surface area contributed by atoms with Gasteiger partial charge in [0, 0.05) is 19.1 Å². The van der Waals surface area contributed by atoms with Gasteiger partial charge in [0.15, 0.2) is 0 Å². The Kier molecular flexibility index (Phi) is 7.06. The normalized spacial score (nSPS) is 15.9. The van der Waals surface area contributed by atoms with Crippen LogP contribution in [0.25, 0.3) is 0 Å². The van der Waals surface area contributed by atoms with E-state index in [4.69, 9.17) is 4.74 Å². The van der Waals surface area contributed by atoms with Crippen molar-refractivity contribution in [2.45, 2.75) is 51.0 Å². The van der Waals surface area contributed by atoms with Crippen LogP contribution in [-0.4, -0.2) is 57.2 Å². The van der Waals surface area contributed by atoms with Gasteiger partial charge in [-0.15, -0.1) is 0 Å². The Bertz CT molecular complexity index is 791. The van der Waals surface area contributed by atoms with Gasteiger partial charge in [0.1, 0.15) is 5.60 Å². The second-order valence-corrected chi connectivity index (χ2v) is 9.56. The molecule has 1 fully saturated rings. The van der Waals surface area contributed by atoms with Crippen molar-refractivity contribution in [2.75, 3.05) is 20.2 Å². The van der Waals surface area contributed by atoms with Crippen LogP contribution in [0.15, 0.2) is 24.3 Å². The van der Waals surface area contributed by atoms with Gasteiger partial charge in [0.2, 0.25) is 10.0 Å². The fraction of sp³-hybridized carbons (Fsp3) is 0.579. The molecule has 0 aromatic heterocycles. The zero-order valence-electron chi connectivity index (χ0n) is 16.7. The number of sulfonamides is 1. The van der Waals surface area contributed by atoms with E-state index in [1.54, 1.807) is 17.0 Å². The van der Waals surface area contributed by atoms with Crippen molar-refractivity contribution in [3.63, 3.8) is 0 Å². The van der Waals surface area contributed by atoms with Crippen molar-refractivity contribution in [3.8, 4) is 0 Å². The predicted octanol–water partition coefficient (Wildman–Crippen LogP) is 2.29. The maximum absolute atomic E-state index is 12.4. The van der Waals surface area contributed by atoms with Gasteiger partial charge in [-0.25, -0.2) is 22.7 Å². The Labute approximate surface area is 166 Å². The SMILES string of the molecule is COC(=O)c1ccc(CS(=O)(=O)NC2CCN(C(=O)OC(C)(C)C)CC2)cc1. The third kappa shape index (κ3) is 6.79.